The Labute approximate surface area is 240 Å². The fourth-order valence-electron chi connectivity index (χ4n) is 2.78. The van der Waals surface area contributed by atoms with E-state index >= 15 is 0 Å². The van der Waals surface area contributed by atoms with E-state index in [0.717, 1.165) is 0 Å². The van der Waals surface area contributed by atoms with Crippen LogP contribution in [0.2, 0.25) is 85.1 Å². The van der Waals surface area contributed by atoms with E-state index in [0.29, 0.717) is 0 Å². The molecule has 0 radical (unpaired) electrons. The number of hydrogen-bond donors (Lipinski definition) is 0. The predicted molar refractivity (Wildman–Crippen MR) is 165 cm³/mol. The summed E-state index contributed by atoms with van der Waals surface area (Å²) < 4.78 is 75.0. The molecule has 0 saturated carbocycles. The average Bonchev–Trinajstić information content (AvgIpc) is 2.67. The summed E-state index contributed by atoms with van der Waals surface area (Å²) >= 11 is 0. The molecule has 0 aliphatic carbocycles. The van der Waals surface area contributed by atoms with Crippen molar-refractivity contribution in [2.45, 2.75) is 85.1 Å². The molecule has 0 spiro atoms. The first-order valence-corrected chi connectivity index (χ1v) is 33.2. The minimum Gasteiger partial charge on any atom is -0.396 e. The maximum Gasteiger partial charge on any atom is 0.667 e. The third kappa shape index (κ3) is 14.4. The van der Waals surface area contributed by atoms with Gasteiger partial charge in [-0.3, -0.25) is 0 Å². The van der Waals surface area contributed by atoms with Crippen molar-refractivity contribution in [1.82, 2.24) is 0 Å². The lowest BCUT2D eigenvalue weighted by Crippen LogP contribution is -2.72. The molecule has 38 heavy (non-hydrogen) atoms. The molecule has 0 unspecified atom stereocenters. The van der Waals surface area contributed by atoms with E-state index in [-0.39, 0.29) is 0 Å². The molecule has 0 aliphatic rings. The van der Waals surface area contributed by atoms with Crippen LogP contribution in [0.5, 0.6) is 0 Å². The van der Waals surface area contributed by atoms with Gasteiger partial charge >= 0.3 is 35.9 Å². The molecule has 0 rings (SSSR count). The Morgan fingerprint density at radius 3 is 0.763 bits per heavy atom. The summed E-state index contributed by atoms with van der Waals surface area (Å²) in [6.45, 7) is 25.9. The molecule has 230 valence electrons. The molecular formula is C18H54O12Si8. The first-order valence-electron chi connectivity index (χ1n) is 12.4. The molecule has 0 aromatic carbocycles. The Kier molecular flexibility index (Phi) is 14.6. The molecule has 0 aromatic heterocycles. The van der Waals surface area contributed by atoms with Crippen LogP contribution in [0, 0.1) is 0 Å². The lowest BCUT2D eigenvalue weighted by molar-refractivity contribution is -0.0162. The Bertz CT molecular complexity index is 680. The van der Waals surface area contributed by atoms with E-state index < -0.39 is 69.2 Å². The summed E-state index contributed by atoms with van der Waals surface area (Å²) in [4.78, 5) is 0. The topological polar surface area (TPSA) is 111 Å². The molecule has 0 saturated heterocycles. The van der Waals surface area contributed by atoms with Gasteiger partial charge in [-0.2, -0.15) is 0 Å². The van der Waals surface area contributed by atoms with Crippen LogP contribution >= 0.6 is 0 Å². The molecule has 20 heteroatoms. The summed E-state index contributed by atoms with van der Waals surface area (Å²) in [5.41, 5.74) is 0. The van der Waals surface area contributed by atoms with Gasteiger partial charge in [0, 0.05) is 42.1 Å². The Balaban J connectivity index is 7.13. The largest absolute Gasteiger partial charge is 0.667 e. The van der Waals surface area contributed by atoms with Gasteiger partial charge in [0.1, 0.15) is 0 Å². The molecule has 12 nitrogen and oxygen atoms in total. The lowest BCUT2D eigenvalue weighted by atomic mass is 11.8. The van der Waals surface area contributed by atoms with E-state index in [1.807, 2.05) is 78.6 Å². The second-order valence-electron chi connectivity index (χ2n) is 12.5. The summed E-state index contributed by atoms with van der Waals surface area (Å²) in [6.07, 6.45) is 0. The molecule has 0 atom stereocenters. The van der Waals surface area contributed by atoms with Crippen LogP contribution in [-0.2, 0) is 50.9 Å². The van der Waals surface area contributed by atoms with Gasteiger partial charge in [-0.15, -0.1) is 0 Å². The molecule has 0 aliphatic heterocycles. The monoisotopic (exact) mass is 686 g/mol. The van der Waals surface area contributed by atoms with Gasteiger partial charge in [0.15, 0.2) is 33.3 Å². The number of rotatable bonds is 19. The van der Waals surface area contributed by atoms with Crippen molar-refractivity contribution in [3.63, 3.8) is 0 Å². The van der Waals surface area contributed by atoms with E-state index in [4.69, 9.17) is 50.9 Å². The summed E-state index contributed by atoms with van der Waals surface area (Å²) in [7, 11) is -17.4. The van der Waals surface area contributed by atoms with Crippen molar-refractivity contribution in [3.8, 4) is 0 Å². The van der Waals surface area contributed by atoms with Crippen molar-refractivity contribution in [2.75, 3.05) is 35.5 Å². The van der Waals surface area contributed by atoms with Crippen molar-refractivity contribution < 1.29 is 50.9 Å². The second-order valence-corrected chi connectivity index (χ2v) is 41.9. The smallest absolute Gasteiger partial charge is 0.396 e. The molecule has 0 bridgehead atoms. The van der Waals surface area contributed by atoms with Crippen molar-refractivity contribution in [1.29, 1.82) is 0 Å². The zero-order chi connectivity index (χ0) is 30.5. The van der Waals surface area contributed by atoms with E-state index in [1.54, 1.807) is 6.55 Å². The van der Waals surface area contributed by atoms with Crippen LogP contribution in [0.1, 0.15) is 0 Å². The molecule has 0 heterocycles. The third-order valence-electron chi connectivity index (χ3n) is 4.03. The fraction of sp³-hybridized carbons (Fsp3) is 1.00. The van der Waals surface area contributed by atoms with E-state index in [2.05, 4.69) is 0 Å². The predicted octanol–water partition coefficient (Wildman–Crippen LogP) is 4.55. The summed E-state index contributed by atoms with van der Waals surface area (Å²) in [6, 6.07) is 0. The van der Waals surface area contributed by atoms with Gasteiger partial charge < -0.3 is 50.9 Å². The maximum atomic E-state index is 6.68. The quantitative estimate of drug-likeness (QED) is 0.178. The Morgan fingerprint density at radius 2 is 0.526 bits per heavy atom. The number of hydrogen-bond acceptors (Lipinski definition) is 12. The first kappa shape index (κ1) is 39.3. The van der Waals surface area contributed by atoms with Gasteiger partial charge in [0.05, 0.1) is 0 Å². The van der Waals surface area contributed by atoms with Gasteiger partial charge in [-0.1, -0.05) is 0 Å². The highest BCUT2D eigenvalue weighted by Gasteiger charge is 2.68. The normalized spacial score (nSPS) is 15.3. The maximum absolute atomic E-state index is 6.68. The van der Waals surface area contributed by atoms with Gasteiger partial charge in [0.2, 0.25) is 0 Å². The van der Waals surface area contributed by atoms with Gasteiger partial charge in [-0.25, -0.2) is 0 Å². The Hall–Kier alpha value is 1.26. The van der Waals surface area contributed by atoms with Gasteiger partial charge in [0.25, 0.3) is 0 Å². The average molecular weight is 687 g/mol. The fourth-order valence-corrected chi connectivity index (χ4v) is 27.8. The lowest BCUT2D eigenvalue weighted by Gasteiger charge is -2.45. The second kappa shape index (κ2) is 14.2. The van der Waals surface area contributed by atoms with Crippen LogP contribution in [0.15, 0.2) is 0 Å². The standard InChI is InChI=1S/C18H54O12Si8/c1-19-35(18,20-2)28-38(26-33(12,13)14,27-34(15,16)17)30-36(21-3,22-4)29-37(23-5,24-31(6,7)8)25-32(9,10)11/h1-18H3. The molecule has 0 fully saturated rings. The summed E-state index contributed by atoms with van der Waals surface area (Å²) in [5, 5.41) is 0. The highest BCUT2D eigenvalue weighted by atomic mass is 28.6. The van der Waals surface area contributed by atoms with E-state index in [1.165, 1.54) is 35.5 Å². The minimum absolute atomic E-state index is 1.43. The Morgan fingerprint density at radius 1 is 0.263 bits per heavy atom. The highest BCUT2D eigenvalue weighted by Crippen LogP contribution is 2.33. The van der Waals surface area contributed by atoms with Crippen molar-refractivity contribution in [2.24, 2.45) is 0 Å². The van der Waals surface area contributed by atoms with Crippen molar-refractivity contribution in [3.05, 3.63) is 0 Å². The van der Waals surface area contributed by atoms with Crippen molar-refractivity contribution >= 4 is 69.2 Å². The van der Waals surface area contributed by atoms with Crippen LogP contribution in [-0.4, -0.2) is 105 Å². The van der Waals surface area contributed by atoms with Crippen LogP contribution in [0.25, 0.3) is 0 Å². The van der Waals surface area contributed by atoms with Crippen LogP contribution in [0.3, 0.4) is 0 Å². The first-order chi connectivity index (χ1) is 16.8. The van der Waals surface area contributed by atoms with Crippen LogP contribution in [0.4, 0.5) is 0 Å². The zero-order valence-corrected chi connectivity index (χ0v) is 34.9. The zero-order valence-electron chi connectivity index (χ0n) is 26.9. The molecule has 0 aromatic rings. The summed E-state index contributed by atoms with van der Waals surface area (Å²) in [5.74, 6) is 0. The van der Waals surface area contributed by atoms with E-state index in [9.17, 15) is 0 Å². The SMILES string of the molecule is CO[Si](C)(OC)O[Si](O[Si](C)(C)C)(O[Si](C)(C)C)O[Si](OC)(OC)O[Si](OC)(O[Si](C)(C)C)O[Si](C)(C)C. The molecular weight excluding hydrogens is 633 g/mol. The van der Waals surface area contributed by atoms with Crippen LogP contribution < -0.4 is 0 Å². The van der Waals surface area contributed by atoms with Gasteiger partial charge in [-0.05, 0) is 78.6 Å². The third-order valence-corrected chi connectivity index (χ3v) is 27.3. The minimum atomic E-state index is -4.19. The molecule has 0 N–H and O–H groups in total. The molecule has 0 amide bonds. The highest BCUT2D eigenvalue weighted by molar-refractivity contribution is 6.90.